The fraction of sp³-hybridized carbons (Fsp3) is 0.538. The van der Waals surface area contributed by atoms with E-state index in [2.05, 4.69) is 10.4 Å². The van der Waals surface area contributed by atoms with Crippen molar-refractivity contribution in [3.8, 4) is 0 Å². The third kappa shape index (κ3) is 2.79. The fourth-order valence-electron chi connectivity index (χ4n) is 2.48. The minimum atomic E-state index is 0.0424. The van der Waals surface area contributed by atoms with E-state index in [0.29, 0.717) is 17.4 Å². The Kier molecular flexibility index (Phi) is 4.15. The smallest absolute Gasteiger partial charge is 0.254 e. The number of nitrogens with one attached hydrogen (secondary N) is 1. The quantitative estimate of drug-likeness (QED) is 0.631. The van der Waals surface area contributed by atoms with Gasteiger partial charge in [-0.3, -0.25) is 4.79 Å². The minimum Gasteiger partial charge on any atom is -0.339 e. The molecule has 1 saturated carbocycles. The van der Waals surface area contributed by atoms with Crippen LogP contribution in [0.4, 0.5) is 5.82 Å². The molecule has 98 valence electrons. The van der Waals surface area contributed by atoms with Gasteiger partial charge in [-0.15, -0.1) is 0 Å². The van der Waals surface area contributed by atoms with Crippen LogP contribution in [0.25, 0.3) is 0 Å². The number of nitrogens with zero attached hydrogens (tertiary/aromatic N) is 2. The van der Waals surface area contributed by atoms with E-state index in [-0.39, 0.29) is 5.91 Å². The van der Waals surface area contributed by atoms with Gasteiger partial charge >= 0.3 is 0 Å². The number of hydrazine groups is 1. The summed E-state index contributed by atoms with van der Waals surface area (Å²) in [4.78, 5) is 18.2. The van der Waals surface area contributed by atoms with Gasteiger partial charge in [-0.1, -0.05) is 19.3 Å². The lowest BCUT2D eigenvalue weighted by molar-refractivity contribution is 0.0696. The molecular weight excluding hydrogens is 228 g/mol. The normalized spacial score (nSPS) is 16.3. The van der Waals surface area contributed by atoms with Crippen molar-refractivity contribution in [3.05, 3.63) is 23.9 Å². The van der Waals surface area contributed by atoms with Crippen LogP contribution < -0.4 is 11.3 Å². The Hall–Kier alpha value is -1.62. The van der Waals surface area contributed by atoms with Gasteiger partial charge in [-0.2, -0.15) is 0 Å². The first kappa shape index (κ1) is 12.8. The third-order valence-electron chi connectivity index (χ3n) is 3.60. The third-order valence-corrected chi connectivity index (χ3v) is 3.60. The van der Waals surface area contributed by atoms with Gasteiger partial charge in [-0.25, -0.2) is 10.8 Å². The van der Waals surface area contributed by atoms with Gasteiger partial charge in [0.05, 0.1) is 0 Å². The number of hydrogen-bond donors (Lipinski definition) is 2. The van der Waals surface area contributed by atoms with E-state index >= 15 is 0 Å². The number of hydrogen-bond acceptors (Lipinski definition) is 4. The molecule has 0 unspecified atom stereocenters. The number of nitrogens with two attached hydrogens (primary N) is 1. The predicted octanol–water partition coefficient (Wildman–Crippen LogP) is 1.77. The van der Waals surface area contributed by atoms with E-state index in [1.54, 1.807) is 18.3 Å². The number of amides is 1. The Balaban J connectivity index is 2.09. The lowest BCUT2D eigenvalue weighted by Crippen LogP contribution is -2.38. The fourth-order valence-corrected chi connectivity index (χ4v) is 2.48. The van der Waals surface area contributed by atoms with Gasteiger partial charge in [-0.05, 0) is 25.0 Å². The van der Waals surface area contributed by atoms with Gasteiger partial charge < -0.3 is 10.3 Å². The Bertz CT molecular complexity index is 415. The summed E-state index contributed by atoms with van der Waals surface area (Å²) in [5.41, 5.74) is 3.09. The second-order valence-corrected chi connectivity index (χ2v) is 4.78. The number of nitrogen functional groups attached to an aromatic ring is 1. The Labute approximate surface area is 107 Å². The van der Waals surface area contributed by atoms with Crippen molar-refractivity contribution in [2.45, 2.75) is 38.1 Å². The lowest BCUT2D eigenvalue weighted by atomic mass is 9.94. The first-order valence-corrected chi connectivity index (χ1v) is 6.42. The van der Waals surface area contributed by atoms with E-state index in [1.165, 1.54) is 19.3 Å². The molecule has 1 aliphatic carbocycles. The maximum Gasteiger partial charge on any atom is 0.254 e. The first-order valence-electron chi connectivity index (χ1n) is 6.42. The molecule has 0 radical (unpaired) electrons. The highest BCUT2D eigenvalue weighted by molar-refractivity contribution is 5.94. The molecular formula is C13H20N4O. The zero-order chi connectivity index (χ0) is 13.0. The molecule has 1 fully saturated rings. The zero-order valence-electron chi connectivity index (χ0n) is 10.7. The van der Waals surface area contributed by atoms with Crippen molar-refractivity contribution in [2.24, 2.45) is 5.84 Å². The van der Waals surface area contributed by atoms with Gasteiger partial charge in [0, 0.05) is 24.8 Å². The highest BCUT2D eigenvalue weighted by atomic mass is 16.2. The van der Waals surface area contributed by atoms with E-state index in [1.807, 2.05) is 11.9 Å². The summed E-state index contributed by atoms with van der Waals surface area (Å²) in [6.45, 7) is 0. The van der Waals surface area contributed by atoms with Crippen LogP contribution >= 0.6 is 0 Å². The molecule has 0 saturated heterocycles. The summed E-state index contributed by atoms with van der Waals surface area (Å²) in [5, 5.41) is 0. The maximum absolute atomic E-state index is 12.3. The average molecular weight is 248 g/mol. The van der Waals surface area contributed by atoms with Gasteiger partial charge in [0.25, 0.3) is 5.91 Å². The summed E-state index contributed by atoms with van der Waals surface area (Å²) < 4.78 is 0. The molecule has 0 aliphatic heterocycles. The van der Waals surface area contributed by atoms with Crippen LogP contribution in [0.15, 0.2) is 18.3 Å². The molecule has 0 atom stereocenters. The van der Waals surface area contributed by atoms with Gasteiger partial charge in [0.2, 0.25) is 0 Å². The number of carbonyl (C=O) groups is 1. The van der Waals surface area contributed by atoms with E-state index in [4.69, 9.17) is 5.84 Å². The largest absolute Gasteiger partial charge is 0.339 e. The zero-order valence-corrected chi connectivity index (χ0v) is 10.7. The van der Waals surface area contributed by atoms with Crippen LogP contribution in [0, 0.1) is 0 Å². The van der Waals surface area contributed by atoms with Crippen LogP contribution in [0.1, 0.15) is 42.5 Å². The van der Waals surface area contributed by atoms with E-state index in [9.17, 15) is 4.79 Å². The second-order valence-electron chi connectivity index (χ2n) is 4.78. The first-order chi connectivity index (χ1) is 8.72. The average Bonchev–Trinajstić information content (AvgIpc) is 2.46. The number of aromatic nitrogens is 1. The van der Waals surface area contributed by atoms with Crippen molar-refractivity contribution < 1.29 is 4.79 Å². The number of anilines is 1. The van der Waals surface area contributed by atoms with Crippen LogP contribution in [0.3, 0.4) is 0 Å². The minimum absolute atomic E-state index is 0.0424. The molecule has 1 aromatic rings. The predicted molar refractivity (Wildman–Crippen MR) is 71.0 cm³/mol. The Morgan fingerprint density at radius 2 is 2.17 bits per heavy atom. The summed E-state index contributed by atoms with van der Waals surface area (Å²) in [6.07, 6.45) is 7.53. The molecule has 0 spiro atoms. The van der Waals surface area contributed by atoms with Crippen LogP contribution in [0.5, 0.6) is 0 Å². The molecule has 3 N–H and O–H groups in total. The van der Waals surface area contributed by atoms with Crippen molar-refractivity contribution in [2.75, 3.05) is 12.5 Å². The molecule has 2 rings (SSSR count). The molecule has 1 aliphatic rings. The van der Waals surface area contributed by atoms with Crippen molar-refractivity contribution in [1.29, 1.82) is 0 Å². The van der Waals surface area contributed by atoms with Crippen molar-refractivity contribution in [3.63, 3.8) is 0 Å². The van der Waals surface area contributed by atoms with Gasteiger partial charge in [0.15, 0.2) is 0 Å². The monoisotopic (exact) mass is 248 g/mol. The molecule has 5 nitrogen and oxygen atoms in total. The maximum atomic E-state index is 12.3. The van der Waals surface area contributed by atoms with E-state index < -0.39 is 0 Å². The summed E-state index contributed by atoms with van der Waals surface area (Å²) in [6, 6.07) is 3.78. The highest BCUT2D eigenvalue weighted by Crippen LogP contribution is 2.23. The standard InChI is InChI=1S/C13H20N4O/c1-17(11-5-3-2-4-6-11)13(18)10-7-8-15-12(9-10)16-14/h7-9,11H,2-6,14H2,1H3,(H,15,16). The molecule has 0 bridgehead atoms. The summed E-state index contributed by atoms with van der Waals surface area (Å²) in [5.74, 6) is 5.85. The van der Waals surface area contributed by atoms with Crippen molar-refractivity contribution >= 4 is 11.7 Å². The highest BCUT2D eigenvalue weighted by Gasteiger charge is 2.23. The molecule has 0 aromatic carbocycles. The van der Waals surface area contributed by atoms with Crippen LogP contribution in [-0.4, -0.2) is 28.9 Å². The molecule has 1 heterocycles. The molecule has 5 heteroatoms. The Morgan fingerprint density at radius 1 is 1.44 bits per heavy atom. The SMILES string of the molecule is CN(C(=O)c1ccnc(NN)c1)C1CCCCC1. The summed E-state index contributed by atoms with van der Waals surface area (Å²) >= 11 is 0. The molecule has 18 heavy (non-hydrogen) atoms. The Morgan fingerprint density at radius 3 is 2.83 bits per heavy atom. The topological polar surface area (TPSA) is 71.2 Å². The molecule has 1 aromatic heterocycles. The number of carbonyl (C=O) groups excluding carboxylic acids is 1. The van der Waals surface area contributed by atoms with Crippen molar-refractivity contribution in [1.82, 2.24) is 9.88 Å². The van der Waals surface area contributed by atoms with Gasteiger partial charge in [0.1, 0.15) is 5.82 Å². The summed E-state index contributed by atoms with van der Waals surface area (Å²) in [7, 11) is 1.88. The number of rotatable bonds is 3. The second kappa shape index (κ2) is 5.82. The number of pyridine rings is 1. The lowest BCUT2D eigenvalue weighted by Gasteiger charge is -2.31. The van der Waals surface area contributed by atoms with Crippen LogP contribution in [-0.2, 0) is 0 Å². The van der Waals surface area contributed by atoms with Crippen LogP contribution in [0.2, 0.25) is 0 Å². The van der Waals surface area contributed by atoms with E-state index in [0.717, 1.165) is 12.8 Å². The molecule has 1 amide bonds.